The van der Waals surface area contributed by atoms with E-state index in [0.717, 1.165) is 0 Å². The lowest BCUT2D eigenvalue weighted by Crippen LogP contribution is -2.15. The second-order valence-corrected chi connectivity index (χ2v) is 5.78. The Labute approximate surface area is 104 Å². The maximum Gasteiger partial charge on any atom is 0.335 e. The monoisotopic (exact) mass is 268 g/mol. The van der Waals surface area contributed by atoms with Gasteiger partial charge >= 0.3 is 5.97 Å². The van der Waals surface area contributed by atoms with Crippen LogP contribution in [0.1, 0.15) is 17.3 Å². The summed E-state index contributed by atoms with van der Waals surface area (Å²) in [5.74, 6) is -1.18. The maximum absolute atomic E-state index is 11.5. The SMILES string of the molecule is CCS(=O)(=O)Nc1cc(C(=O)O)cc2[nH]ccc12. The summed E-state index contributed by atoms with van der Waals surface area (Å²) in [5, 5.41) is 9.61. The van der Waals surface area contributed by atoms with Crippen molar-refractivity contribution in [3.63, 3.8) is 0 Å². The summed E-state index contributed by atoms with van der Waals surface area (Å²) < 4.78 is 25.5. The van der Waals surface area contributed by atoms with E-state index < -0.39 is 16.0 Å². The zero-order chi connectivity index (χ0) is 13.3. The van der Waals surface area contributed by atoms with Crippen LogP contribution in [0, 0.1) is 0 Å². The number of rotatable bonds is 4. The van der Waals surface area contributed by atoms with Crippen molar-refractivity contribution in [2.45, 2.75) is 6.92 Å². The molecule has 0 aliphatic rings. The van der Waals surface area contributed by atoms with E-state index in [1.165, 1.54) is 19.1 Å². The second kappa shape index (κ2) is 4.34. The molecule has 7 heteroatoms. The Balaban J connectivity index is 2.60. The highest BCUT2D eigenvalue weighted by molar-refractivity contribution is 7.92. The molecule has 0 unspecified atom stereocenters. The number of anilines is 1. The first kappa shape index (κ1) is 12.4. The van der Waals surface area contributed by atoms with E-state index in [1.54, 1.807) is 12.3 Å². The maximum atomic E-state index is 11.5. The van der Waals surface area contributed by atoms with E-state index in [2.05, 4.69) is 9.71 Å². The van der Waals surface area contributed by atoms with Crippen molar-refractivity contribution in [1.82, 2.24) is 4.98 Å². The van der Waals surface area contributed by atoms with Crippen molar-refractivity contribution in [3.8, 4) is 0 Å². The Bertz CT molecular complexity index is 703. The third-order valence-electron chi connectivity index (χ3n) is 2.56. The predicted octanol–water partition coefficient (Wildman–Crippen LogP) is 1.63. The molecule has 0 amide bonds. The third-order valence-corrected chi connectivity index (χ3v) is 3.85. The van der Waals surface area contributed by atoms with Crippen LogP contribution in [0.5, 0.6) is 0 Å². The third kappa shape index (κ3) is 2.30. The molecule has 2 rings (SSSR count). The minimum atomic E-state index is -3.44. The molecule has 0 fully saturated rings. The fraction of sp³-hybridized carbons (Fsp3) is 0.182. The molecule has 0 saturated carbocycles. The number of sulfonamides is 1. The van der Waals surface area contributed by atoms with Crippen molar-refractivity contribution >= 4 is 32.6 Å². The average Bonchev–Trinajstić information content (AvgIpc) is 2.76. The number of benzene rings is 1. The van der Waals surface area contributed by atoms with E-state index in [1.807, 2.05) is 0 Å². The molecule has 18 heavy (non-hydrogen) atoms. The Morgan fingerprint density at radius 3 is 2.78 bits per heavy atom. The molecule has 96 valence electrons. The summed E-state index contributed by atoms with van der Waals surface area (Å²) in [6, 6.07) is 4.46. The van der Waals surface area contributed by atoms with Gasteiger partial charge in [0.2, 0.25) is 10.0 Å². The first-order chi connectivity index (χ1) is 8.43. The van der Waals surface area contributed by atoms with E-state index >= 15 is 0 Å². The molecule has 0 radical (unpaired) electrons. The minimum absolute atomic E-state index is 0.0266. The molecule has 3 N–H and O–H groups in total. The number of nitrogens with one attached hydrogen (secondary N) is 2. The van der Waals surface area contributed by atoms with Crippen LogP contribution in [0.4, 0.5) is 5.69 Å². The van der Waals surface area contributed by atoms with Crippen molar-refractivity contribution in [2.75, 3.05) is 10.5 Å². The number of fused-ring (bicyclic) bond motifs is 1. The molecular weight excluding hydrogens is 256 g/mol. The summed E-state index contributed by atoms with van der Waals surface area (Å²) in [4.78, 5) is 13.8. The van der Waals surface area contributed by atoms with Gasteiger partial charge in [-0.3, -0.25) is 4.72 Å². The summed E-state index contributed by atoms with van der Waals surface area (Å²) in [6.45, 7) is 1.51. The van der Waals surface area contributed by atoms with Gasteiger partial charge in [0.05, 0.1) is 17.0 Å². The van der Waals surface area contributed by atoms with Crippen molar-refractivity contribution in [3.05, 3.63) is 30.0 Å². The molecule has 1 aromatic carbocycles. The number of carbonyl (C=O) groups is 1. The molecule has 6 nitrogen and oxygen atoms in total. The largest absolute Gasteiger partial charge is 0.478 e. The number of H-pyrrole nitrogens is 1. The predicted molar refractivity (Wildman–Crippen MR) is 68.3 cm³/mol. The number of aromatic nitrogens is 1. The highest BCUT2D eigenvalue weighted by Crippen LogP contribution is 2.25. The molecule has 1 heterocycles. The molecule has 0 saturated heterocycles. The van der Waals surface area contributed by atoms with Crippen LogP contribution in [0.25, 0.3) is 10.9 Å². The lowest BCUT2D eigenvalue weighted by molar-refractivity contribution is 0.0697. The van der Waals surface area contributed by atoms with Crippen LogP contribution in [-0.2, 0) is 10.0 Å². The Hall–Kier alpha value is -2.02. The van der Waals surface area contributed by atoms with E-state index in [4.69, 9.17) is 5.11 Å². The highest BCUT2D eigenvalue weighted by Gasteiger charge is 2.14. The van der Waals surface area contributed by atoms with Crippen LogP contribution in [-0.4, -0.2) is 30.2 Å². The molecule has 0 spiro atoms. The molecule has 0 atom stereocenters. The van der Waals surface area contributed by atoms with E-state index in [0.29, 0.717) is 10.9 Å². The average molecular weight is 268 g/mol. The summed E-state index contributed by atoms with van der Waals surface area (Å²) in [5.41, 5.74) is 0.871. The van der Waals surface area contributed by atoms with Gasteiger partial charge in [-0.2, -0.15) is 0 Å². The van der Waals surface area contributed by atoms with Gasteiger partial charge in [-0.15, -0.1) is 0 Å². The Kier molecular flexibility index (Phi) is 3.00. The number of carboxylic acid groups (broad SMARTS) is 1. The summed E-state index contributed by atoms with van der Waals surface area (Å²) >= 11 is 0. The lowest BCUT2D eigenvalue weighted by Gasteiger charge is -2.08. The van der Waals surface area contributed by atoms with Gasteiger partial charge in [0.15, 0.2) is 0 Å². The first-order valence-corrected chi connectivity index (χ1v) is 6.93. The Morgan fingerprint density at radius 2 is 2.17 bits per heavy atom. The van der Waals surface area contributed by atoms with Gasteiger partial charge in [-0.05, 0) is 25.1 Å². The molecule has 1 aromatic heterocycles. The molecule has 0 aliphatic heterocycles. The number of carboxylic acids is 1. The smallest absolute Gasteiger partial charge is 0.335 e. The number of aromatic amines is 1. The molecule has 0 aliphatic carbocycles. The normalized spacial score (nSPS) is 11.6. The minimum Gasteiger partial charge on any atom is -0.478 e. The molecular formula is C11H12N2O4S. The van der Waals surface area contributed by atoms with Crippen molar-refractivity contribution < 1.29 is 18.3 Å². The van der Waals surface area contributed by atoms with Gasteiger partial charge in [0.1, 0.15) is 0 Å². The standard InChI is InChI=1S/C11H12N2O4S/c1-2-18(16,17)13-10-6-7(11(14)15)5-9-8(10)3-4-12-9/h3-6,12-13H,2H2,1H3,(H,14,15). The first-order valence-electron chi connectivity index (χ1n) is 5.28. The van der Waals surface area contributed by atoms with Gasteiger partial charge in [-0.1, -0.05) is 0 Å². The van der Waals surface area contributed by atoms with Crippen molar-refractivity contribution in [1.29, 1.82) is 0 Å². The van der Waals surface area contributed by atoms with Crippen LogP contribution in [0.3, 0.4) is 0 Å². The zero-order valence-corrected chi connectivity index (χ0v) is 10.4. The molecule has 0 bridgehead atoms. The highest BCUT2D eigenvalue weighted by atomic mass is 32.2. The van der Waals surface area contributed by atoms with Gasteiger partial charge in [0, 0.05) is 17.1 Å². The number of hydrogen-bond donors (Lipinski definition) is 3. The van der Waals surface area contributed by atoms with Crippen LogP contribution in [0.2, 0.25) is 0 Å². The Morgan fingerprint density at radius 1 is 1.44 bits per heavy atom. The quantitative estimate of drug-likeness (QED) is 0.784. The van der Waals surface area contributed by atoms with Crippen molar-refractivity contribution in [2.24, 2.45) is 0 Å². The summed E-state index contributed by atoms with van der Waals surface area (Å²) in [7, 11) is -3.44. The van der Waals surface area contributed by atoms with Crippen LogP contribution < -0.4 is 4.72 Å². The van der Waals surface area contributed by atoms with Crippen LogP contribution in [0.15, 0.2) is 24.4 Å². The van der Waals surface area contributed by atoms with E-state index in [-0.39, 0.29) is 17.0 Å². The van der Waals surface area contributed by atoms with E-state index in [9.17, 15) is 13.2 Å². The van der Waals surface area contributed by atoms with Crippen LogP contribution >= 0.6 is 0 Å². The van der Waals surface area contributed by atoms with Gasteiger partial charge < -0.3 is 10.1 Å². The van der Waals surface area contributed by atoms with Gasteiger partial charge in [0.25, 0.3) is 0 Å². The number of aromatic carboxylic acids is 1. The fourth-order valence-electron chi connectivity index (χ4n) is 1.61. The fourth-order valence-corrected chi connectivity index (χ4v) is 2.26. The number of hydrogen-bond acceptors (Lipinski definition) is 3. The summed E-state index contributed by atoms with van der Waals surface area (Å²) in [6.07, 6.45) is 1.63. The molecule has 2 aromatic rings. The lowest BCUT2D eigenvalue weighted by atomic mass is 10.1. The topological polar surface area (TPSA) is 99.3 Å². The zero-order valence-electron chi connectivity index (χ0n) is 9.60. The second-order valence-electron chi connectivity index (χ2n) is 3.77. The van der Waals surface area contributed by atoms with Gasteiger partial charge in [-0.25, -0.2) is 13.2 Å².